The second kappa shape index (κ2) is 6.40. The molecule has 0 saturated heterocycles. The van der Waals surface area contributed by atoms with Gasteiger partial charge in [-0.1, -0.05) is 51.1 Å². The van der Waals surface area contributed by atoms with Crippen LogP contribution in [0.25, 0.3) is 0 Å². The van der Waals surface area contributed by atoms with Gasteiger partial charge in [-0.05, 0) is 17.9 Å². The van der Waals surface area contributed by atoms with Crippen molar-refractivity contribution in [2.75, 3.05) is 0 Å². The molecule has 1 amide bonds. The van der Waals surface area contributed by atoms with Gasteiger partial charge in [-0.15, -0.1) is 0 Å². The standard InChI is InChI=1S/C14H22N2O/c1-4-12(10(2)3)16-14(17)13(15)11-8-6-5-7-9-11/h5-10,12-13H,4,15H2,1-3H3,(H,16,17)/t12?,13-/m0/s1. The van der Waals surface area contributed by atoms with Crippen LogP contribution in [0.1, 0.15) is 38.8 Å². The highest BCUT2D eigenvalue weighted by Crippen LogP contribution is 2.12. The molecule has 0 fully saturated rings. The third kappa shape index (κ3) is 3.86. The van der Waals surface area contributed by atoms with Crippen LogP contribution in [0.3, 0.4) is 0 Å². The van der Waals surface area contributed by atoms with E-state index in [0.717, 1.165) is 12.0 Å². The van der Waals surface area contributed by atoms with Gasteiger partial charge in [-0.2, -0.15) is 0 Å². The quantitative estimate of drug-likeness (QED) is 0.821. The Morgan fingerprint density at radius 2 is 1.88 bits per heavy atom. The molecule has 0 radical (unpaired) electrons. The molecule has 94 valence electrons. The number of nitrogens with two attached hydrogens (primary N) is 1. The van der Waals surface area contributed by atoms with Gasteiger partial charge in [0.05, 0.1) is 0 Å². The van der Waals surface area contributed by atoms with Gasteiger partial charge in [0.25, 0.3) is 0 Å². The Balaban J connectivity index is 2.64. The maximum absolute atomic E-state index is 12.0. The molecule has 3 heteroatoms. The van der Waals surface area contributed by atoms with E-state index in [-0.39, 0.29) is 11.9 Å². The summed E-state index contributed by atoms with van der Waals surface area (Å²) in [6, 6.07) is 9.06. The normalized spacial score (nSPS) is 14.4. The molecule has 3 nitrogen and oxygen atoms in total. The van der Waals surface area contributed by atoms with Gasteiger partial charge in [-0.25, -0.2) is 0 Å². The molecule has 1 aromatic carbocycles. The molecule has 0 aromatic heterocycles. The van der Waals surface area contributed by atoms with Crippen LogP contribution in [-0.4, -0.2) is 11.9 Å². The van der Waals surface area contributed by atoms with E-state index in [4.69, 9.17) is 5.73 Å². The molecule has 0 heterocycles. The van der Waals surface area contributed by atoms with E-state index in [2.05, 4.69) is 26.1 Å². The van der Waals surface area contributed by atoms with Crippen molar-refractivity contribution in [3.05, 3.63) is 35.9 Å². The van der Waals surface area contributed by atoms with Crippen LogP contribution in [0.15, 0.2) is 30.3 Å². The van der Waals surface area contributed by atoms with Crippen LogP contribution in [0.5, 0.6) is 0 Å². The largest absolute Gasteiger partial charge is 0.351 e. The van der Waals surface area contributed by atoms with Crippen molar-refractivity contribution in [3.8, 4) is 0 Å². The number of hydrogen-bond donors (Lipinski definition) is 2. The summed E-state index contributed by atoms with van der Waals surface area (Å²) in [5, 5.41) is 3.00. The third-order valence-corrected chi connectivity index (χ3v) is 3.01. The summed E-state index contributed by atoms with van der Waals surface area (Å²) in [5.74, 6) is 0.323. The zero-order valence-corrected chi connectivity index (χ0v) is 10.8. The van der Waals surface area contributed by atoms with Crippen molar-refractivity contribution in [2.24, 2.45) is 11.7 Å². The molecule has 0 saturated carbocycles. The average Bonchev–Trinajstić information content (AvgIpc) is 2.35. The van der Waals surface area contributed by atoms with Gasteiger partial charge in [0.15, 0.2) is 0 Å². The monoisotopic (exact) mass is 234 g/mol. The summed E-state index contributed by atoms with van der Waals surface area (Å²) in [5.41, 5.74) is 6.78. The second-order valence-electron chi connectivity index (χ2n) is 4.66. The molecule has 0 spiro atoms. The fourth-order valence-electron chi connectivity index (χ4n) is 1.82. The Labute approximate surface area is 103 Å². The number of carbonyl (C=O) groups excluding carboxylic acids is 1. The van der Waals surface area contributed by atoms with E-state index in [9.17, 15) is 4.79 Å². The van der Waals surface area contributed by atoms with E-state index in [1.807, 2.05) is 30.3 Å². The Morgan fingerprint density at radius 3 is 2.35 bits per heavy atom. The smallest absolute Gasteiger partial charge is 0.241 e. The van der Waals surface area contributed by atoms with Crippen LogP contribution in [0.2, 0.25) is 0 Å². The van der Waals surface area contributed by atoms with Crippen LogP contribution in [0, 0.1) is 5.92 Å². The number of benzene rings is 1. The van der Waals surface area contributed by atoms with Crippen molar-refractivity contribution in [3.63, 3.8) is 0 Å². The molecule has 0 aliphatic carbocycles. The van der Waals surface area contributed by atoms with Crippen molar-refractivity contribution in [1.29, 1.82) is 0 Å². The van der Waals surface area contributed by atoms with Crippen molar-refractivity contribution in [2.45, 2.75) is 39.3 Å². The first-order valence-corrected chi connectivity index (χ1v) is 6.17. The summed E-state index contributed by atoms with van der Waals surface area (Å²) < 4.78 is 0. The molecule has 0 aliphatic rings. The van der Waals surface area contributed by atoms with Crippen LogP contribution in [-0.2, 0) is 4.79 Å². The average molecular weight is 234 g/mol. The molecule has 2 atom stereocenters. The van der Waals surface area contributed by atoms with Crippen LogP contribution < -0.4 is 11.1 Å². The lowest BCUT2D eigenvalue weighted by atomic mass is 10.0. The maximum atomic E-state index is 12.0. The molecule has 0 aliphatic heterocycles. The first-order valence-electron chi connectivity index (χ1n) is 6.17. The lowest BCUT2D eigenvalue weighted by molar-refractivity contribution is -0.123. The summed E-state index contributed by atoms with van der Waals surface area (Å²) >= 11 is 0. The first kappa shape index (κ1) is 13.7. The molecule has 1 aromatic rings. The summed E-state index contributed by atoms with van der Waals surface area (Å²) in [7, 11) is 0. The lowest BCUT2D eigenvalue weighted by Crippen LogP contribution is -2.42. The third-order valence-electron chi connectivity index (χ3n) is 3.01. The summed E-state index contributed by atoms with van der Waals surface area (Å²) in [6.07, 6.45) is 0.922. The molecule has 17 heavy (non-hydrogen) atoms. The number of carbonyl (C=O) groups is 1. The Bertz CT molecular complexity index is 348. The maximum Gasteiger partial charge on any atom is 0.241 e. The predicted octanol–water partition coefficient (Wildman–Crippen LogP) is 2.24. The molecule has 1 unspecified atom stereocenters. The number of hydrogen-bond acceptors (Lipinski definition) is 2. The highest BCUT2D eigenvalue weighted by molar-refractivity contribution is 5.83. The number of amides is 1. The lowest BCUT2D eigenvalue weighted by Gasteiger charge is -2.23. The van der Waals surface area contributed by atoms with E-state index in [1.165, 1.54) is 0 Å². The first-order chi connectivity index (χ1) is 8.06. The van der Waals surface area contributed by atoms with Crippen LogP contribution in [0.4, 0.5) is 0 Å². The molecule has 3 N–H and O–H groups in total. The zero-order chi connectivity index (χ0) is 12.8. The van der Waals surface area contributed by atoms with Gasteiger partial charge in [0.1, 0.15) is 6.04 Å². The predicted molar refractivity (Wildman–Crippen MR) is 70.4 cm³/mol. The minimum absolute atomic E-state index is 0.100. The summed E-state index contributed by atoms with van der Waals surface area (Å²) in [6.45, 7) is 6.27. The number of rotatable bonds is 5. The summed E-state index contributed by atoms with van der Waals surface area (Å²) in [4.78, 5) is 12.0. The van der Waals surface area contributed by atoms with Gasteiger partial charge < -0.3 is 11.1 Å². The molecule has 1 rings (SSSR count). The van der Waals surface area contributed by atoms with Crippen molar-refractivity contribution in [1.82, 2.24) is 5.32 Å². The van der Waals surface area contributed by atoms with Gasteiger partial charge in [-0.3, -0.25) is 4.79 Å². The van der Waals surface area contributed by atoms with Gasteiger partial charge in [0.2, 0.25) is 5.91 Å². The van der Waals surface area contributed by atoms with E-state index in [0.29, 0.717) is 5.92 Å². The fraction of sp³-hybridized carbons (Fsp3) is 0.500. The second-order valence-corrected chi connectivity index (χ2v) is 4.66. The molecular weight excluding hydrogens is 212 g/mol. The minimum Gasteiger partial charge on any atom is -0.351 e. The van der Waals surface area contributed by atoms with Gasteiger partial charge in [0, 0.05) is 6.04 Å². The van der Waals surface area contributed by atoms with Crippen molar-refractivity contribution < 1.29 is 4.79 Å². The molecular formula is C14H22N2O. The van der Waals surface area contributed by atoms with E-state index < -0.39 is 6.04 Å². The Morgan fingerprint density at radius 1 is 1.29 bits per heavy atom. The van der Waals surface area contributed by atoms with E-state index >= 15 is 0 Å². The topological polar surface area (TPSA) is 55.1 Å². The highest BCUT2D eigenvalue weighted by Gasteiger charge is 2.20. The minimum atomic E-state index is -0.580. The Hall–Kier alpha value is -1.35. The highest BCUT2D eigenvalue weighted by atomic mass is 16.2. The fourth-order valence-corrected chi connectivity index (χ4v) is 1.82. The van der Waals surface area contributed by atoms with E-state index in [1.54, 1.807) is 0 Å². The van der Waals surface area contributed by atoms with Crippen molar-refractivity contribution >= 4 is 5.91 Å². The van der Waals surface area contributed by atoms with Gasteiger partial charge >= 0.3 is 0 Å². The SMILES string of the molecule is CCC(NC(=O)[C@@H](N)c1ccccc1)C(C)C. The Kier molecular flexibility index (Phi) is 5.16. The molecule has 0 bridgehead atoms. The number of nitrogens with one attached hydrogen (secondary N) is 1. The zero-order valence-electron chi connectivity index (χ0n) is 10.8. The van der Waals surface area contributed by atoms with Crippen LogP contribution >= 0.6 is 0 Å².